The van der Waals surface area contributed by atoms with Gasteiger partial charge in [0, 0.05) is 29.5 Å². The minimum atomic E-state index is -1.43. The maximum absolute atomic E-state index is 13.0. The number of rotatable bonds is 8. The molecule has 0 spiro atoms. The van der Waals surface area contributed by atoms with Crippen molar-refractivity contribution in [3.63, 3.8) is 0 Å². The van der Waals surface area contributed by atoms with Gasteiger partial charge in [-0.25, -0.2) is 4.98 Å². The van der Waals surface area contributed by atoms with E-state index in [0.717, 1.165) is 30.7 Å². The summed E-state index contributed by atoms with van der Waals surface area (Å²) in [5, 5.41) is 29.3. The van der Waals surface area contributed by atoms with Crippen LogP contribution in [0.2, 0.25) is 0 Å². The molecule has 0 bridgehead atoms. The minimum Gasteiger partial charge on any atom is -0.543 e. The minimum absolute atomic E-state index is 0.0208. The van der Waals surface area contributed by atoms with E-state index >= 15 is 0 Å². The average molecular weight is 511 g/mol. The maximum atomic E-state index is 13.0. The number of β-lactam (4-membered cyclic amide) rings is 1. The molecule has 1 aromatic rings. The molecular formula is C20H26N6O6S2. The first-order valence-electron chi connectivity index (χ1n) is 10.7. The molecule has 3 aliphatic heterocycles. The van der Waals surface area contributed by atoms with Crippen LogP contribution in [0.5, 0.6) is 0 Å². The summed E-state index contributed by atoms with van der Waals surface area (Å²) in [5.74, 6) is -2.28. The number of likely N-dealkylation sites (tertiary alicyclic amines) is 1. The topological polar surface area (TPSA) is 170 Å². The largest absolute Gasteiger partial charge is 0.543 e. The predicted molar refractivity (Wildman–Crippen MR) is 123 cm³/mol. The van der Waals surface area contributed by atoms with Gasteiger partial charge in [0.1, 0.15) is 36.8 Å². The molecule has 1 aromatic heterocycles. The number of hydrogen-bond donors (Lipinski definition) is 3. The van der Waals surface area contributed by atoms with Crippen LogP contribution in [0, 0.1) is 0 Å². The second kappa shape index (κ2) is 9.52. The SMILES string of the molecule is CO/N=C(\C(=O)N[C@@H]1C(=O)N2C(C(=O)[O-])=C(C[N@+]3(C)CCC[C@H]3CO)CS[C@H]12)c1csc(N)n1. The summed E-state index contributed by atoms with van der Waals surface area (Å²) in [6.07, 6.45) is 1.81. The fourth-order valence-electron chi connectivity index (χ4n) is 4.81. The number of aliphatic hydroxyl groups is 1. The molecule has 12 nitrogen and oxygen atoms in total. The number of nitrogens with one attached hydrogen (secondary N) is 1. The van der Waals surface area contributed by atoms with Gasteiger partial charge in [-0.3, -0.25) is 14.5 Å². The number of amides is 2. The first-order chi connectivity index (χ1) is 16.2. The summed E-state index contributed by atoms with van der Waals surface area (Å²) in [6, 6.07) is -0.913. The zero-order valence-corrected chi connectivity index (χ0v) is 20.4. The highest BCUT2D eigenvalue weighted by Gasteiger charge is 2.54. The molecule has 0 saturated carbocycles. The van der Waals surface area contributed by atoms with E-state index in [4.69, 9.17) is 10.6 Å². The summed E-state index contributed by atoms with van der Waals surface area (Å²) >= 11 is 2.50. The number of nitrogens with zero attached hydrogens (tertiary/aromatic N) is 4. The van der Waals surface area contributed by atoms with Crippen LogP contribution in [-0.4, -0.2) is 100 Å². The Morgan fingerprint density at radius 3 is 2.88 bits per heavy atom. The second-order valence-electron chi connectivity index (χ2n) is 8.63. The molecule has 4 N–H and O–H groups in total. The van der Waals surface area contributed by atoms with E-state index in [0.29, 0.717) is 22.4 Å². The highest BCUT2D eigenvalue weighted by Crippen LogP contribution is 2.41. The lowest BCUT2D eigenvalue weighted by Gasteiger charge is -2.51. The van der Waals surface area contributed by atoms with Gasteiger partial charge in [-0.1, -0.05) is 5.16 Å². The lowest BCUT2D eigenvalue weighted by atomic mass is 10.0. The quantitative estimate of drug-likeness (QED) is 0.156. The number of carboxylic acids is 1. The highest BCUT2D eigenvalue weighted by molar-refractivity contribution is 8.00. The first-order valence-corrected chi connectivity index (χ1v) is 12.6. The number of anilines is 1. The van der Waals surface area contributed by atoms with E-state index in [1.54, 1.807) is 5.38 Å². The molecule has 4 atom stereocenters. The first kappa shape index (κ1) is 24.4. The van der Waals surface area contributed by atoms with Crippen LogP contribution in [-0.2, 0) is 19.2 Å². The Bertz CT molecular complexity index is 1070. The Morgan fingerprint density at radius 2 is 2.26 bits per heavy atom. The number of nitrogens with two attached hydrogens (primary N) is 1. The van der Waals surface area contributed by atoms with Crippen molar-refractivity contribution in [2.75, 3.05) is 45.3 Å². The zero-order valence-electron chi connectivity index (χ0n) is 18.7. The fraction of sp³-hybridized carbons (Fsp3) is 0.550. The van der Waals surface area contributed by atoms with E-state index in [9.17, 15) is 24.6 Å². The van der Waals surface area contributed by atoms with E-state index in [-0.39, 0.29) is 34.9 Å². The fourth-order valence-corrected chi connectivity index (χ4v) is 6.69. The zero-order chi connectivity index (χ0) is 24.6. The van der Waals surface area contributed by atoms with Crippen molar-refractivity contribution in [2.24, 2.45) is 5.16 Å². The van der Waals surface area contributed by atoms with Crippen molar-refractivity contribution in [2.45, 2.75) is 30.3 Å². The van der Waals surface area contributed by atoms with Crippen LogP contribution in [0.4, 0.5) is 5.13 Å². The number of aliphatic carboxylic acids is 1. The van der Waals surface area contributed by atoms with E-state index in [1.807, 2.05) is 7.05 Å². The average Bonchev–Trinajstić information content (AvgIpc) is 3.39. The molecule has 0 aromatic carbocycles. The van der Waals surface area contributed by atoms with E-state index < -0.39 is 29.2 Å². The van der Waals surface area contributed by atoms with Gasteiger partial charge in [-0.2, -0.15) is 0 Å². The van der Waals surface area contributed by atoms with Gasteiger partial charge in [0.25, 0.3) is 11.8 Å². The van der Waals surface area contributed by atoms with Crippen molar-refractivity contribution in [3.8, 4) is 0 Å². The molecule has 4 heterocycles. The normalized spacial score (nSPS) is 29.0. The van der Waals surface area contributed by atoms with E-state index in [2.05, 4.69) is 15.5 Å². The molecule has 34 heavy (non-hydrogen) atoms. The van der Waals surface area contributed by atoms with Crippen LogP contribution in [0.25, 0.3) is 0 Å². The molecule has 2 amide bonds. The molecule has 2 saturated heterocycles. The number of fused-ring (bicyclic) bond motifs is 1. The number of carbonyl (C=O) groups is 3. The molecule has 0 aliphatic carbocycles. The van der Waals surface area contributed by atoms with Gasteiger partial charge < -0.3 is 35.4 Å². The third kappa shape index (κ3) is 4.26. The maximum Gasteiger partial charge on any atom is 0.276 e. The molecule has 184 valence electrons. The number of thiazole rings is 1. The summed E-state index contributed by atoms with van der Waals surface area (Å²) in [6.45, 7) is 1.25. The van der Waals surface area contributed by atoms with Gasteiger partial charge in [0.2, 0.25) is 0 Å². The van der Waals surface area contributed by atoms with Crippen LogP contribution in [0.3, 0.4) is 0 Å². The highest BCUT2D eigenvalue weighted by atomic mass is 32.2. The monoisotopic (exact) mass is 510 g/mol. The molecule has 14 heteroatoms. The third-order valence-corrected chi connectivity index (χ3v) is 8.55. The summed E-state index contributed by atoms with van der Waals surface area (Å²) < 4.78 is 0.518. The standard InChI is InChI=1S/C20H26N6O6S2/c1-26(5-3-4-11(26)7-27)6-10-8-33-18-14(17(29)25(18)15(10)19(30)31)23-16(28)13(24-32-2)12-9-34-20(21)22-12/h9,11,14,18,27H,3-8H2,1-2H3,(H3-,21,22,23,28,30,31)/b24-13-/t11-,14+,18+,26-/m0/s1. The number of thioether (sulfide) groups is 1. The number of aromatic nitrogens is 1. The van der Waals surface area contributed by atoms with Crippen molar-refractivity contribution in [3.05, 3.63) is 22.3 Å². The number of carbonyl (C=O) groups excluding carboxylic acids is 3. The molecule has 0 unspecified atom stereocenters. The Labute approximate surface area is 204 Å². The number of likely N-dealkylation sites (N-methyl/N-ethyl adjacent to an activating group) is 1. The summed E-state index contributed by atoms with van der Waals surface area (Å²) in [5.41, 5.74) is 6.17. The summed E-state index contributed by atoms with van der Waals surface area (Å²) in [4.78, 5) is 47.8. The second-order valence-corrected chi connectivity index (χ2v) is 10.6. The number of hydrogen-bond acceptors (Lipinski definition) is 11. The van der Waals surface area contributed by atoms with Gasteiger partial charge in [0.05, 0.1) is 31.9 Å². The van der Waals surface area contributed by atoms with Gasteiger partial charge in [0.15, 0.2) is 10.8 Å². The Morgan fingerprint density at radius 1 is 1.50 bits per heavy atom. The van der Waals surface area contributed by atoms with Gasteiger partial charge in [-0.05, 0) is 0 Å². The Hall–Kier alpha value is -2.68. The van der Waals surface area contributed by atoms with Crippen LogP contribution in [0.15, 0.2) is 21.8 Å². The predicted octanol–water partition coefficient (Wildman–Crippen LogP) is -1.92. The molecular weight excluding hydrogens is 484 g/mol. The number of nitrogen functional groups attached to an aromatic ring is 1. The van der Waals surface area contributed by atoms with Gasteiger partial charge in [-0.15, -0.1) is 23.1 Å². The van der Waals surface area contributed by atoms with Crippen LogP contribution < -0.4 is 16.2 Å². The van der Waals surface area contributed by atoms with Crippen LogP contribution in [0.1, 0.15) is 18.5 Å². The molecule has 4 rings (SSSR count). The van der Waals surface area contributed by atoms with Crippen molar-refractivity contribution in [1.82, 2.24) is 15.2 Å². The van der Waals surface area contributed by atoms with Gasteiger partial charge >= 0.3 is 0 Å². The van der Waals surface area contributed by atoms with E-state index in [1.165, 1.54) is 23.8 Å². The molecule has 2 fully saturated rings. The Kier molecular flexibility index (Phi) is 6.85. The molecule has 0 radical (unpaired) electrons. The smallest absolute Gasteiger partial charge is 0.276 e. The van der Waals surface area contributed by atoms with Crippen molar-refractivity contribution >= 4 is 51.7 Å². The lowest BCUT2D eigenvalue weighted by Crippen LogP contribution is -2.72. The lowest BCUT2D eigenvalue weighted by molar-refractivity contribution is -0.917. The number of quaternary nitrogens is 1. The van der Waals surface area contributed by atoms with Crippen molar-refractivity contribution in [1.29, 1.82) is 0 Å². The van der Waals surface area contributed by atoms with Crippen molar-refractivity contribution < 1.29 is 33.9 Å². The summed E-state index contributed by atoms with van der Waals surface area (Å²) in [7, 11) is 3.27. The van der Waals surface area contributed by atoms with Crippen LogP contribution >= 0.6 is 23.1 Å². The Balaban J connectivity index is 1.53. The number of carboxylic acid groups (broad SMARTS) is 1. The number of aliphatic hydroxyl groups excluding tert-OH is 1. The third-order valence-electron chi connectivity index (χ3n) is 6.54. The molecule has 3 aliphatic rings. The number of oxime groups is 1.